The van der Waals surface area contributed by atoms with E-state index in [0.29, 0.717) is 19.7 Å². The summed E-state index contributed by atoms with van der Waals surface area (Å²) in [4.78, 5) is 3.18. The molecule has 5 nitrogen and oxygen atoms in total. The molecule has 3 aromatic rings. The summed E-state index contributed by atoms with van der Waals surface area (Å²) in [6.07, 6.45) is 1.31. The normalized spacial score (nSPS) is 12.2. The van der Waals surface area contributed by atoms with Gasteiger partial charge in [-0.2, -0.15) is 0 Å². The Hall–Kier alpha value is -2.50. The monoisotopic (exact) mass is 340 g/mol. The van der Waals surface area contributed by atoms with Gasteiger partial charge in [-0.3, -0.25) is 0 Å². The number of H-pyrrole nitrogens is 1. The maximum atomic E-state index is 10.1. The topological polar surface area (TPSA) is 66.5 Å². The Morgan fingerprint density at radius 3 is 2.80 bits per heavy atom. The number of benzene rings is 2. The number of para-hydroxylation sites is 1. The van der Waals surface area contributed by atoms with Gasteiger partial charge in [0.1, 0.15) is 30.8 Å². The molecule has 3 rings (SSSR count). The van der Waals surface area contributed by atoms with Crippen LogP contribution in [0.25, 0.3) is 10.9 Å². The van der Waals surface area contributed by atoms with E-state index in [2.05, 4.69) is 16.4 Å². The van der Waals surface area contributed by atoms with E-state index in [9.17, 15) is 5.11 Å². The van der Waals surface area contributed by atoms with Crippen molar-refractivity contribution in [1.29, 1.82) is 0 Å². The minimum Gasteiger partial charge on any atom is -0.492 e. The summed E-state index contributed by atoms with van der Waals surface area (Å²) in [5, 5.41) is 14.3. The number of nitrogens with one attached hydrogen (secondary N) is 2. The van der Waals surface area contributed by atoms with Crippen molar-refractivity contribution >= 4 is 10.9 Å². The van der Waals surface area contributed by atoms with Crippen LogP contribution < -0.4 is 14.8 Å². The average molecular weight is 340 g/mol. The maximum absolute atomic E-state index is 10.1. The number of fused-ring (bicyclic) bond motifs is 1. The average Bonchev–Trinajstić information content (AvgIpc) is 3.08. The summed E-state index contributed by atoms with van der Waals surface area (Å²) >= 11 is 0. The first kappa shape index (κ1) is 17.3. The SMILES string of the molecule is Cc1cc(OCC(O)CNCCOc2ccccc2)c2cc[nH]c2c1. The van der Waals surface area contributed by atoms with Crippen LogP contribution >= 0.6 is 0 Å². The lowest BCUT2D eigenvalue weighted by Gasteiger charge is -2.14. The van der Waals surface area contributed by atoms with Gasteiger partial charge in [0.25, 0.3) is 0 Å². The summed E-state index contributed by atoms with van der Waals surface area (Å²) in [6.45, 7) is 3.95. The number of rotatable bonds is 9. The van der Waals surface area contributed by atoms with E-state index < -0.39 is 6.10 Å². The predicted molar refractivity (Wildman–Crippen MR) is 99.3 cm³/mol. The molecular weight excluding hydrogens is 316 g/mol. The van der Waals surface area contributed by atoms with Crippen molar-refractivity contribution in [3.63, 3.8) is 0 Å². The van der Waals surface area contributed by atoms with Crippen molar-refractivity contribution in [3.05, 3.63) is 60.3 Å². The summed E-state index contributed by atoms with van der Waals surface area (Å²) in [5.41, 5.74) is 2.16. The van der Waals surface area contributed by atoms with Gasteiger partial charge < -0.3 is 24.9 Å². The second-order valence-corrected chi connectivity index (χ2v) is 6.03. The number of aromatic amines is 1. The molecule has 0 fully saturated rings. The molecule has 2 aromatic carbocycles. The number of ether oxygens (including phenoxy) is 2. The van der Waals surface area contributed by atoms with E-state index in [1.807, 2.05) is 55.6 Å². The van der Waals surface area contributed by atoms with Crippen molar-refractivity contribution in [2.45, 2.75) is 13.0 Å². The highest BCUT2D eigenvalue weighted by Gasteiger charge is 2.08. The first-order valence-electron chi connectivity index (χ1n) is 8.49. The Balaban J connectivity index is 1.38. The molecule has 5 heteroatoms. The molecule has 132 valence electrons. The number of aromatic nitrogens is 1. The number of hydrogen-bond donors (Lipinski definition) is 3. The van der Waals surface area contributed by atoms with Crippen molar-refractivity contribution in [3.8, 4) is 11.5 Å². The highest BCUT2D eigenvalue weighted by Crippen LogP contribution is 2.26. The van der Waals surface area contributed by atoms with Gasteiger partial charge in [0.15, 0.2) is 0 Å². The van der Waals surface area contributed by atoms with Gasteiger partial charge in [0, 0.05) is 30.2 Å². The zero-order valence-corrected chi connectivity index (χ0v) is 14.4. The molecule has 0 bridgehead atoms. The van der Waals surface area contributed by atoms with Crippen molar-refractivity contribution in [1.82, 2.24) is 10.3 Å². The molecule has 0 amide bonds. The van der Waals surface area contributed by atoms with Crippen LogP contribution in [0.1, 0.15) is 5.56 Å². The first-order chi connectivity index (χ1) is 12.2. The lowest BCUT2D eigenvalue weighted by molar-refractivity contribution is 0.106. The summed E-state index contributed by atoms with van der Waals surface area (Å²) in [5.74, 6) is 1.64. The fourth-order valence-electron chi connectivity index (χ4n) is 2.66. The van der Waals surface area contributed by atoms with E-state index in [4.69, 9.17) is 9.47 Å². The molecule has 0 aliphatic rings. The minimum atomic E-state index is -0.578. The Morgan fingerprint density at radius 2 is 1.96 bits per heavy atom. The molecular formula is C20H24N2O3. The smallest absolute Gasteiger partial charge is 0.129 e. The van der Waals surface area contributed by atoms with Crippen LogP contribution in [-0.2, 0) is 0 Å². The lowest BCUT2D eigenvalue weighted by atomic mass is 10.1. The Bertz CT molecular complexity index is 786. The second-order valence-electron chi connectivity index (χ2n) is 6.03. The van der Waals surface area contributed by atoms with Crippen LogP contribution in [0.5, 0.6) is 11.5 Å². The van der Waals surface area contributed by atoms with Crippen molar-refractivity contribution < 1.29 is 14.6 Å². The van der Waals surface area contributed by atoms with E-state index in [1.165, 1.54) is 0 Å². The molecule has 1 unspecified atom stereocenters. The third kappa shape index (κ3) is 4.98. The predicted octanol–water partition coefficient (Wildman–Crippen LogP) is 2.88. The molecule has 3 N–H and O–H groups in total. The lowest BCUT2D eigenvalue weighted by Crippen LogP contribution is -2.33. The van der Waals surface area contributed by atoms with Crippen LogP contribution in [0, 0.1) is 6.92 Å². The first-order valence-corrected chi connectivity index (χ1v) is 8.49. The molecule has 1 atom stereocenters. The molecule has 25 heavy (non-hydrogen) atoms. The standard InChI is InChI=1S/C20H24N2O3/c1-15-11-19-18(7-8-22-19)20(12-15)25-14-16(23)13-21-9-10-24-17-5-3-2-4-6-17/h2-8,11-12,16,21-23H,9-10,13-14H2,1H3. The number of aliphatic hydroxyl groups excluding tert-OH is 1. The van der Waals surface area contributed by atoms with E-state index in [1.54, 1.807) is 0 Å². The molecule has 0 aliphatic carbocycles. The van der Waals surface area contributed by atoms with E-state index in [0.717, 1.165) is 28.0 Å². The quantitative estimate of drug-likeness (QED) is 0.524. The van der Waals surface area contributed by atoms with Gasteiger partial charge >= 0.3 is 0 Å². The highest BCUT2D eigenvalue weighted by molar-refractivity contribution is 5.86. The fraction of sp³-hybridized carbons (Fsp3) is 0.300. The van der Waals surface area contributed by atoms with Crippen LogP contribution in [0.15, 0.2) is 54.7 Å². The van der Waals surface area contributed by atoms with Crippen LogP contribution in [0.2, 0.25) is 0 Å². The molecule has 0 saturated carbocycles. The summed E-state index contributed by atoms with van der Waals surface area (Å²) in [6, 6.07) is 15.7. The van der Waals surface area contributed by atoms with Gasteiger partial charge in [0.05, 0.1) is 0 Å². The molecule has 0 radical (unpaired) electrons. The Morgan fingerprint density at radius 1 is 1.12 bits per heavy atom. The van der Waals surface area contributed by atoms with Crippen molar-refractivity contribution in [2.75, 3.05) is 26.3 Å². The molecule has 1 heterocycles. The van der Waals surface area contributed by atoms with E-state index >= 15 is 0 Å². The molecule has 1 aromatic heterocycles. The Labute approximate surface area is 147 Å². The van der Waals surface area contributed by atoms with Crippen LogP contribution in [0.4, 0.5) is 0 Å². The van der Waals surface area contributed by atoms with Gasteiger partial charge in [-0.05, 0) is 42.8 Å². The van der Waals surface area contributed by atoms with Crippen molar-refractivity contribution in [2.24, 2.45) is 0 Å². The summed E-state index contributed by atoms with van der Waals surface area (Å²) in [7, 11) is 0. The van der Waals surface area contributed by atoms with Gasteiger partial charge in [-0.25, -0.2) is 0 Å². The van der Waals surface area contributed by atoms with Crippen LogP contribution in [0.3, 0.4) is 0 Å². The second kappa shape index (κ2) is 8.55. The molecule has 0 saturated heterocycles. The molecule has 0 aliphatic heterocycles. The number of hydrogen-bond acceptors (Lipinski definition) is 4. The number of aliphatic hydroxyl groups is 1. The third-order valence-electron chi connectivity index (χ3n) is 3.88. The van der Waals surface area contributed by atoms with E-state index in [-0.39, 0.29) is 6.61 Å². The minimum absolute atomic E-state index is 0.246. The highest BCUT2D eigenvalue weighted by atomic mass is 16.5. The van der Waals surface area contributed by atoms with Gasteiger partial charge in [-0.15, -0.1) is 0 Å². The summed E-state index contributed by atoms with van der Waals surface area (Å²) < 4.78 is 11.4. The number of aryl methyl sites for hydroxylation is 1. The van der Waals surface area contributed by atoms with Gasteiger partial charge in [-0.1, -0.05) is 18.2 Å². The zero-order valence-electron chi connectivity index (χ0n) is 14.4. The largest absolute Gasteiger partial charge is 0.492 e. The fourth-order valence-corrected chi connectivity index (χ4v) is 2.66. The zero-order chi connectivity index (χ0) is 17.5. The molecule has 0 spiro atoms. The van der Waals surface area contributed by atoms with Crippen LogP contribution in [-0.4, -0.2) is 42.5 Å². The van der Waals surface area contributed by atoms with Gasteiger partial charge in [0.2, 0.25) is 0 Å². The Kier molecular flexibility index (Phi) is 5.93. The maximum Gasteiger partial charge on any atom is 0.129 e. The third-order valence-corrected chi connectivity index (χ3v) is 3.88.